The van der Waals surface area contributed by atoms with Gasteiger partial charge in [-0.1, -0.05) is 20.1 Å². The maximum absolute atomic E-state index is 10.5. The molecule has 4 nitrogen and oxygen atoms in total. The summed E-state index contributed by atoms with van der Waals surface area (Å²) in [7, 11) is 0. The van der Waals surface area contributed by atoms with Crippen molar-refractivity contribution in [3.8, 4) is 0 Å². The van der Waals surface area contributed by atoms with Gasteiger partial charge in [0.15, 0.2) is 0 Å². The average molecular weight is 212 g/mol. The van der Waals surface area contributed by atoms with Crippen LogP contribution >= 0.6 is 0 Å². The van der Waals surface area contributed by atoms with Crippen molar-refractivity contribution in [2.45, 2.75) is 26.2 Å². The maximum atomic E-state index is 10.5. The topological polar surface area (TPSA) is 63.6 Å². The van der Waals surface area contributed by atoms with Crippen LogP contribution in [0.1, 0.15) is 26.2 Å². The molecule has 0 aliphatic heterocycles. The van der Waals surface area contributed by atoms with Crippen LogP contribution < -0.4 is 0 Å². The number of ether oxygens (including phenoxy) is 1. The SMILES string of the molecule is C=C(CC)C(=O)O.C=COC(=O)C1CC1. The van der Waals surface area contributed by atoms with E-state index >= 15 is 0 Å². The molecule has 0 unspecified atom stereocenters. The smallest absolute Gasteiger partial charge is 0.330 e. The van der Waals surface area contributed by atoms with Gasteiger partial charge >= 0.3 is 11.9 Å². The Kier molecular flexibility index (Phi) is 6.09. The molecule has 1 saturated carbocycles. The van der Waals surface area contributed by atoms with Gasteiger partial charge < -0.3 is 9.84 Å². The Balaban J connectivity index is 0.000000265. The minimum absolute atomic E-state index is 0.125. The molecule has 1 aliphatic rings. The number of carboxylic acids is 1. The molecule has 1 aliphatic carbocycles. The monoisotopic (exact) mass is 212 g/mol. The van der Waals surface area contributed by atoms with Gasteiger partial charge in [0.25, 0.3) is 0 Å². The van der Waals surface area contributed by atoms with Gasteiger partial charge in [-0.05, 0) is 19.3 Å². The lowest BCUT2D eigenvalue weighted by Gasteiger charge is -1.90. The minimum Gasteiger partial charge on any atom is -0.478 e. The number of aliphatic carboxylic acids is 1. The van der Waals surface area contributed by atoms with Crippen LogP contribution in [0.4, 0.5) is 0 Å². The standard InChI is InChI=1S/C6H8O2.C5H8O2/c1-2-8-6(7)5-3-4-5;1-3-4(2)5(6)7/h2,5H,1,3-4H2;2-3H2,1H3,(H,6,7). The van der Waals surface area contributed by atoms with Crippen molar-refractivity contribution < 1.29 is 19.4 Å². The zero-order chi connectivity index (χ0) is 11.8. The molecule has 4 heteroatoms. The first-order chi connectivity index (χ1) is 7.02. The first-order valence-electron chi connectivity index (χ1n) is 4.75. The lowest BCUT2D eigenvalue weighted by Crippen LogP contribution is -2.00. The van der Waals surface area contributed by atoms with E-state index in [1.807, 2.05) is 0 Å². The molecule has 0 bridgehead atoms. The number of hydrogen-bond acceptors (Lipinski definition) is 3. The van der Waals surface area contributed by atoms with Crippen LogP contribution in [0, 0.1) is 5.92 Å². The average Bonchev–Trinajstić information content (AvgIpc) is 3.01. The van der Waals surface area contributed by atoms with Crippen LogP contribution in [0.15, 0.2) is 25.0 Å². The highest BCUT2D eigenvalue weighted by molar-refractivity contribution is 5.85. The van der Waals surface area contributed by atoms with Crippen LogP contribution in [0.2, 0.25) is 0 Å². The number of carbonyl (C=O) groups excluding carboxylic acids is 1. The van der Waals surface area contributed by atoms with E-state index in [1.54, 1.807) is 6.92 Å². The predicted octanol–water partition coefficient (Wildman–Crippen LogP) is 2.12. The number of hydrogen-bond donors (Lipinski definition) is 1. The molecule has 15 heavy (non-hydrogen) atoms. The van der Waals surface area contributed by atoms with Gasteiger partial charge in [0.05, 0.1) is 12.2 Å². The molecule has 1 fully saturated rings. The Bertz CT molecular complexity index is 264. The van der Waals surface area contributed by atoms with E-state index in [1.165, 1.54) is 6.26 Å². The summed E-state index contributed by atoms with van der Waals surface area (Å²) in [6, 6.07) is 0. The fourth-order valence-electron chi connectivity index (χ4n) is 0.649. The largest absolute Gasteiger partial charge is 0.478 e. The van der Waals surface area contributed by atoms with E-state index in [0.717, 1.165) is 12.8 Å². The highest BCUT2D eigenvalue weighted by Crippen LogP contribution is 2.29. The molecule has 1 rings (SSSR count). The Morgan fingerprint density at radius 1 is 1.53 bits per heavy atom. The summed E-state index contributed by atoms with van der Waals surface area (Å²) >= 11 is 0. The molecule has 0 amide bonds. The summed E-state index contributed by atoms with van der Waals surface area (Å²) < 4.78 is 4.49. The third kappa shape index (κ3) is 6.49. The van der Waals surface area contributed by atoms with Crippen molar-refractivity contribution >= 4 is 11.9 Å². The number of carboxylic acid groups (broad SMARTS) is 1. The predicted molar refractivity (Wildman–Crippen MR) is 56.1 cm³/mol. The second kappa shape index (κ2) is 6.81. The highest BCUT2D eigenvalue weighted by atomic mass is 16.5. The van der Waals surface area contributed by atoms with E-state index in [0.29, 0.717) is 6.42 Å². The fourth-order valence-corrected chi connectivity index (χ4v) is 0.649. The lowest BCUT2D eigenvalue weighted by molar-refractivity contribution is -0.139. The first kappa shape index (κ1) is 13.4. The second-order valence-electron chi connectivity index (χ2n) is 3.14. The quantitative estimate of drug-likeness (QED) is 0.440. The van der Waals surface area contributed by atoms with Crippen molar-refractivity contribution in [3.05, 3.63) is 25.0 Å². The Hall–Kier alpha value is -1.58. The molecule has 0 saturated heterocycles. The number of rotatable bonds is 4. The number of esters is 1. The van der Waals surface area contributed by atoms with E-state index < -0.39 is 5.97 Å². The fraction of sp³-hybridized carbons (Fsp3) is 0.455. The summed E-state index contributed by atoms with van der Waals surface area (Å²) in [4.78, 5) is 20.3. The van der Waals surface area contributed by atoms with Gasteiger partial charge in [-0.2, -0.15) is 0 Å². The van der Waals surface area contributed by atoms with Gasteiger partial charge in [-0.15, -0.1) is 0 Å². The van der Waals surface area contributed by atoms with E-state index in [-0.39, 0.29) is 17.5 Å². The van der Waals surface area contributed by atoms with Crippen molar-refractivity contribution in [1.82, 2.24) is 0 Å². The van der Waals surface area contributed by atoms with Gasteiger partial charge in [-0.25, -0.2) is 4.79 Å². The van der Waals surface area contributed by atoms with E-state index in [2.05, 4.69) is 17.9 Å². The maximum Gasteiger partial charge on any atom is 0.330 e. The van der Waals surface area contributed by atoms with Gasteiger partial charge in [0.2, 0.25) is 0 Å². The third-order valence-corrected chi connectivity index (χ3v) is 1.84. The normalized spacial score (nSPS) is 13.1. The van der Waals surface area contributed by atoms with Gasteiger partial charge in [-0.3, -0.25) is 4.79 Å². The van der Waals surface area contributed by atoms with Crippen LogP contribution in [0.25, 0.3) is 0 Å². The zero-order valence-corrected chi connectivity index (χ0v) is 8.86. The van der Waals surface area contributed by atoms with E-state index in [9.17, 15) is 9.59 Å². The molecule has 0 aromatic carbocycles. The summed E-state index contributed by atoms with van der Waals surface area (Å²) in [5, 5.41) is 8.08. The zero-order valence-electron chi connectivity index (χ0n) is 8.86. The van der Waals surface area contributed by atoms with Crippen LogP contribution in [-0.4, -0.2) is 17.0 Å². The minimum atomic E-state index is -0.900. The molecule has 1 N–H and O–H groups in total. The van der Waals surface area contributed by atoms with Gasteiger partial charge in [0.1, 0.15) is 0 Å². The Morgan fingerprint density at radius 3 is 2.27 bits per heavy atom. The Labute approximate surface area is 89.2 Å². The molecular weight excluding hydrogens is 196 g/mol. The summed E-state index contributed by atoms with van der Waals surface area (Å²) in [5.41, 5.74) is 0.264. The van der Waals surface area contributed by atoms with Crippen LogP contribution in [0.3, 0.4) is 0 Å². The molecule has 0 aromatic rings. The summed E-state index contributed by atoms with van der Waals surface area (Å²) in [6.07, 6.45) is 3.69. The second-order valence-corrected chi connectivity index (χ2v) is 3.14. The van der Waals surface area contributed by atoms with Crippen LogP contribution in [0.5, 0.6) is 0 Å². The highest BCUT2D eigenvalue weighted by Gasteiger charge is 2.30. The molecule has 0 radical (unpaired) electrons. The summed E-state index contributed by atoms with van der Waals surface area (Å²) in [6.45, 7) is 8.30. The van der Waals surface area contributed by atoms with Gasteiger partial charge in [0, 0.05) is 5.57 Å². The number of carbonyl (C=O) groups is 2. The van der Waals surface area contributed by atoms with Crippen molar-refractivity contribution in [1.29, 1.82) is 0 Å². The molecule has 0 heterocycles. The first-order valence-corrected chi connectivity index (χ1v) is 4.75. The molecule has 0 spiro atoms. The summed E-state index contributed by atoms with van der Waals surface area (Å²) in [5.74, 6) is -0.838. The van der Waals surface area contributed by atoms with Crippen LogP contribution in [-0.2, 0) is 14.3 Å². The van der Waals surface area contributed by atoms with Crippen molar-refractivity contribution in [3.63, 3.8) is 0 Å². The molecular formula is C11H16O4. The third-order valence-electron chi connectivity index (χ3n) is 1.84. The lowest BCUT2D eigenvalue weighted by atomic mass is 10.2. The van der Waals surface area contributed by atoms with Crippen molar-refractivity contribution in [2.24, 2.45) is 5.92 Å². The molecule has 0 aromatic heterocycles. The Morgan fingerprint density at radius 2 is 2.07 bits per heavy atom. The van der Waals surface area contributed by atoms with E-state index in [4.69, 9.17) is 5.11 Å². The molecule has 84 valence electrons. The molecule has 0 atom stereocenters. The van der Waals surface area contributed by atoms with Crippen molar-refractivity contribution in [2.75, 3.05) is 0 Å².